The largest absolute Gasteiger partial charge is 1.00 e. The molecule has 17 heavy (non-hydrogen) atoms. The number of carboxylic acids is 1. The van der Waals surface area contributed by atoms with E-state index < -0.39 is 35.1 Å². The first-order valence-electron chi connectivity index (χ1n) is 4.24. The number of hydrogen-bond donors (Lipinski definition) is 2. The van der Waals surface area contributed by atoms with E-state index in [-0.39, 0.29) is 37.7 Å². The molecule has 0 aliphatic carbocycles. The number of aliphatic carboxylic acids is 1. The number of nitrogens with zero attached hydrogens (tertiary/aromatic N) is 2. The van der Waals surface area contributed by atoms with Gasteiger partial charge in [-0.2, -0.15) is 9.38 Å². The Kier molecular flexibility index (Phi) is 5.08. The number of amides is 6. The minimum Gasteiger partial charge on any atom is -1.00 e. The monoisotopic (exact) mass is 254 g/mol. The van der Waals surface area contributed by atoms with Crippen LogP contribution in [-0.2, 0) is 4.79 Å². The number of hydrogen-bond acceptors (Lipinski definition) is 5. The van der Waals surface area contributed by atoms with Crippen molar-refractivity contribution in [3.05, 3.63) is 0 Å². The molecule has 0 aromatic heterocycles. The van der Waals surface area contributed by atoms with Gasteiger partial charge in [0.05, 0.1) is 13.0 Å². The summed E-state index contributed by atoms with van der Waals surface area (Å²) in [6.07, 6.45) is 0. The Bertz CT molecular complexity index is 392. The second-order valence-electron chi connectivity index (χ2n) is 3.41. The number of carbonyl (C=O) groups excluding carboxylic acids is 4. The molecular weight excluding hydrogens is 243 g/mol. The molecule has 3 N–H and O–H groups in total. The molecule has 1 saturated heterocycles. The van der Waals surface area contributed by atoms with E-state index in [0.717, 1.165) is 7.05 Å². The smallest absolute Gasteiger partial charge is 1.00 e. The predicted molar refractivity (Wildman–Crippen MR) is 47.4 cm³/mol. The third-order valence-corrected chi connectivity index (χ3v) is 2.20. The summed E-state index contributed by atoms with van der Waals surface area (Å²) in [5.74, 6) is -1.59. The Labute approximate surface area is 120 Å². The number of likely N-dealkylation sites (N-methyl/N-ethyl adjacent to an activating group) is 1. The Balaban J connectivity index is 0. The van der Waals surface area contributed by atoms with Gasteiger partial charge in [0.25, 0.3) is 0 Å². The maximum Gasteiger partial charge on any atom is 1.00 e. The SMILES string of the molecule is C[N+]1(CC(=O)[O-])C(=O)NCN(C(N)=O)C1=O.[H-].[Na+]. The first-order chi connectivity index (χ1) is 7.29. The van der Waals surface area contributed by atoms with E-state index in [1.807, 2.05) is 0 Å². The fourth-order valence-electron chi connectivity index (χ4n) is 1.31. The minimum absolute atomic E-state index is 0. The van der Waals surface area contributed by atoms with Gasteiger partial charge in [-0.25, -0.2) is 14.4 Å². The number of urea groups is 3. The molecule has 1 unspecified atom stereocenters. The second-order valence-corrected chi connectivity index (χ2v) is 3.41. The van der Waals surface area contributed by atoms with Crippen LogP contribution in [0.5, 0.6) is 0 Å². The van der Waals surface area contributed by atoms with Crippen LogP contribution in [0.2, 0.25) is 0 Å². The third-order valence-electron chi connectivity index (χ3n) is 2.20. The number of rotatable bonds is 2. The Hall–Kier alpha value is -1.16. The van der Waals surface area contributed by atoms with Gasteiger partial charge in [-0.1, -0.05) is 0 Å². The maximum atomic E-state index is 11.7. The summed E-state index contributed by atoms with van der Waals surface area (Å²) in [7, 11) is 1.06. The summed E-state index contributed by atoms with van der Waals surface area (Å²) < 4.78 is -1.13. The van der Waals surface area contributed by atoms with E-state index >= 15 is 0 Å². The van der Waals surface area contributed by atoms with E-state index in [2.05, 4.69) is 5.32 Å². The van der Waals surface area contributed by atoms with Crippen molar-refractivity contribution in [2.75, 3.05) is 20.3 Å². The van der Waals surface area contributed by atoms with Gasteiger partial charge >= 0.3 is 47.7 Å². The molecule has 0 aromatic rings. The summed E-state index contributed by atoms with van der Waals surface area (Å²) >= 11 is 0. The molecule has 0 aromatic carbocycles. The summed E-state index contributed by atoms with van der Waals surface area (Å²) in [5, 5.41) is 12.6. The van der Waals surface area contributed by atoms with Crippen LogP contribution in [0.3, 0.4) is 0 Å². The molecule has 1 fully saturated rings. The van der Waals surface area contributed by atoms with Gasteiger partial charge in [0.1, 0.15) is 13.2 Å². The molecule has 1 heterocycles. The fourth-order valence-corrected chi connectivity index (χ4v) is 1.31. The maximum absolute atomic E-state index is 11.7. The van der Waals surface area contributed by atoms with Crippen molar-refractivity contribution in [2.45, 2.75) is 0 Å². The normalized spacial score (nSPS) is 23.7. The topological polar surface area (TPSA) is 133 Å². The van der Waals surface area contributed by atoms with Crippen molar-refractivity contribution in [1.29, 1.82) is 0 Å². The zero-order valence-corrected chi connectivity index (χ0v) is 11.4. The number of imide groups is 2. The van der Waals surface area contributed by atoms with Crippen LogP contribution in [0.1, 0.15) is 1.43 Å². The summed E-state index contributed by atoms with van der Waals surface area (Å²) in [4.78, 5) is 44.9. The average molecular weight is 254 g/mol. The fraction of sp³-hybridized carbons (Fsp3) is 0.429. The zero-order chi connectivity index (χ0) is 12.5. The molecule has 6 amide bonds. The molecule has 0 spiro atoms. The summed E-state index contributed by atoms with van der Waals surface area (Å²) in [5.41, 5.74) is 4.90. The molecule has 9 nitrogen and oxygen atoms in total. The first-order valence-corrected chi connectivity index (χ1v) is 4.24. The minimum atomic E-state index is -1.59. The van der Waals surface area contributed by atoms with Gasteiger partial charge in [-0.05, 0) is 0 Å². The van der Waals surface area contributed by atoms with Crippen LogP contribution in [0, 0.1) is 0 Å². The van der Waals surface area contributed by atoms with Crippen molar-refractivity contribution in [1.82, 2.24) is 10.2 Å². The number of primary amides is 1. The molecular formula is C7H11N4NaO5. The van der Waals surface area contributed by atoms with Gasteiger partial charge in [-0.3, -0.25) is 5.32 Å². The Morgan fingerprint density at radius 2 is 2.12 bits per heavy atom. The molecule has 1 rings (SSSR count). The molecule has 0 bridgehead atoms. The average Bonchev–Trinajstić information content (AvgIpc) is 2.13. The van der Waals surface area contributed by atoms with Crippen LogP contribution in [-0.4, -0.2) is 53.7 Å². The van der Waals surface area contributed by atoms with E-state index in [4.69, 9.17) is 5.73 Å². The van der Waals surface area contributed by atoms with Crippen LogP contribution in [0.25, 0.3) is 0 Å². The quantitative estimate of drug-likeness (QED) is 0.374. The molecule has 90 valence electrons. The van der Waals surface area contributed by atoms with Crippen molar-refractivity contribution in [2.24, 2.45) is 5.73 Å². The van der Waals surface area contributed by atoms with Crippen LogP contribution >= 0.6 is 0 Å². The van der Waals surface area contributed by atoms with Crippen molar-refractivity contribution >= 4 is 24.1 Å². The van der Waals surface area contributed by atoms with E-state index in [1.54, 1.807) is 0 Å². The van der Waals surface area contributed by atoms with Crippen LogP contribution < -0.4 is 45.7 Å². The van der Waals surface area contributed by atoms with E-state index in [1.165, 1.54) is 0 Å². The molecule has 1 aliphatic heterocycles. The van der Waals surface area contributed by atoms with Gasteiger partial charge in [0.2, 0.25) is 0 Å². The third kappa shape index (κ3) is 2.94. The van der Waals surface area contributed by atoms with Crippen LogP contribution in [0.15, 0.2) is 0 Å². The number of quaternary nitrogens is 1. The first kappa shape index (κ1) is 15.8. The predicted octanol–water partition coefficient (Wildman–Crippen LogP) is -5.52. The molecule has 1 atom stereocenters. The standard InChI is InChI=1S/C7H10N4O5.Na.H/c1-11(2-4(12)13)6(15)9-3-10(5(8)14)7(11)16;;/h2-3H2,1H3,(H3-,8,9,12,13,14,15);;/q;+1;-1. The second kappa shape index (κ2) is 5.45. The molecule has 1 aliphatic rings. The van der Waals surface area contributed by atoms with Crippen molar-refractivity contribution in [3.63, 3.8) is 0 Å². The van der Waals surface area contributed by atoms with Gasteiger partial charge in [-0.15, -0.1) is 0 Å². The van der Waals surface area contributed by atoms with Crippen LogP contribution in [0.4, 0.5) is 14.4 Å². The Morgan fingerprint density at radius 1 is 1.59 bits per heavy atom. The van der Waals surface area contributed by atoms with Crippen molar-refractivity contribution in [3.8, 4) is 0 Å². The van der Waals surface area contributed by atoms with E-state index in [9.17, 15) is 24.3 Å². The van der Waals surface area contributed by atoms with Gasteiger partial charge in [0, 0.05) is 0 Å². The van der Waals surface area contributed by atoms with Gasteiger partial charge in [0.15, 0.2) is 0 Å². The number of carbonyl (C=O) groups is 4. The zero-order valence-electron chi connectivity index (χ0n) is 10.4. The number of nitrogens with two attached hydrogens (primary N) is 1. The Morgan fingerprint density at radius 3 is 2.53 bits per heavy atom. The van der Waals surface area contributed by atoms with E-state index in [0.29, 0.717) is 4.90 Å². The summed E-state index contributed by atoms with van der Waals surface area (Å²) in [6, 6.07) is -2.89. The van der Waals surface area contributed by atoms with Crippen molar-refractivity contribution < 1.29 is 59.8 Å². The summed E-state index contributed by atoms with van der Waals surface area (Å²) in [6.45, 7) is -1.23. The number of nitrogens with one attached hydrogen (secondary N) is 1. The van der Waals surface area contributed by atoms with Gasteiger partial charge < -0.3 is 17.1 Å². The molecule has 0 radical (unpaired) electrons. The molecule has 10 heteroatoms. The number of carboxylic acid groups (broad SMARTS) is 1. The molecule has 0 saturated carbocycles.